The van der Waals surface area contributed by atoms with Gasteiger partial charge in [0.05, 0.1) is 0 Å². The third kappa shape index (κ3) is 4.86. The molecule has 2 unspecified atom stereocenters. The quantitative estimate of drug-likeness (QED) is 0.179. The molecule has 3 nitrogen and oxygen atoms in total. The highest BCUT2D eigenvalue weighted by Crippen LogP contribution is 2.60. The third-order valence-corrected chi connectivity index (χ3v) is 12.3. The van der Waals surface area contributed by atoms with E-state index in [1.807, 2.05) is 0 Å². The van der Waals surface area contributed by atoms with E-state index >= 15 is 0 Å². The molecule has 1 heterocycles. The number of fused-ring (bicyclic) bond motifs is 8. The largest absolute Gasteiger partial charge is 0.208 e. The summed E-state index contributed by atoms with van der Waals surface area (Å²) in [6.45, 7) is 0. The standard InChI is InChI=1S/C52H35N3/c1-2-12-33(13-3-1)45-28-36-27-43(36)47-30-46-40-21-9-8-20-39(40)44(29-48(46)49(45)47)34-24-25-35(26-34)50-53-51(41-22-10-16-31-14-4-6-18-37(31)41)55-52(54-50)42-23-11-17-32-15-5-7-19-38(32)42/h1-25,28-29,36,43H,26-27,30H2. The van der Waals surface area contributed by atoms with Gasteiger partial charge in [0.15, 0.2) is 17.5 Å². The monoisotopic (exact) mass is 701 g/mol. The zero-order chi connectivity index (χ0) is 36.0. The van der Waals surface area contributed by atoms with Crippen molar-refractivity contribution in [2.24, 2.45) is 11.8 Å². The molecule has 258 valence electrons. The maximum absolute atomic E-state index is 5.26. The highest BCUT2D eigenvalue weighted by molar-refractivity contribution is 6.14. The van der Waals surface area contributed by atoms with E-state index in [2.05, 4.69) is 164 Å². The van der Waals surface area contributed by atoms with Gasteiger partial charge in [-0.2, -0.15) is 0 Å². The summed E-state index contributed by atoms with van der Waals surface area (Å²) < 4.78 is 0. The van der Waals surface area contributed by atoms with Crippen LogP contribution in [0.15, 0.2) is 169 Å². The molecule has 0 bridgehead atoms. The van der Waals surface area contributed by atoms with Crippen molar-refractivity contribution in [3.05, 3.63) is 197 Å². The number of hydrogen-bond donors (Lipinski definition) is 0. The van der Waals surface area contributed by atoms with Crippen LogP contribution in [0, 0.1) is 11.8 Å². The van der Waals surface area contributed by atoms with Crippen LogP contribution in [0.4, 0.5) is 0 Å². The van der Waals surface area contributed by atoms with Crippen LogP contribution in [0.2, 0.25) is 0 Å². The summed E-state index contributed by atoms with van der Waals surface area (Å²) in [4.78, 5) is 15.7. The second kappa shape index (κ2) is 11.9. The Morgan fingerprint density at radius 1 is 0.455 bits per heavy atom. The van der Waals surface area contributed by atoms with Crippen molar-refractivity contribution < 1.29 is 0 Å². The summed E-state index contributed by atoms with van der Waals surface area (Å²) in [5.74, 6) is 3.47. The molecule has 4 aliphatic carbocycles. The summed E-state index contributed by atoms with van der Waals surface area (Å²) in [6, 6.07) is 52.3. The molecule has 3 heteroatoms. The van der Waals surface area contributed by atoms with Crippen LogP contribution < -0.4 is 0 Å². The zero-order valence-electron chi connectivity index (χ0n) is 30.2. The molecule has 2 atom stereocenters. The molecule has 8 aromatic rings. The van der Waals surface area contributed by atoms with Crippen LogP contribution in [-0.4, -0.2) is 15.0 Å². The number of benzene rings is 7. The van der Waals surface area contributed by atoms with Crippen LogP contribution in [0.1, 0.15) is 40.9 Å². The highest BCUT2D eigenvalue weighted by atomic mass is 15.0. The van der Waals surface area contributed by atoms with Crippen molar-refractivity contribution in [1.82, 2.24) is 15.0 Å². The average molecular weight is 702 g/mol. The first-order chi connectivity index (χ1) is 27.2. The number of rotatable bonds is 5. The van der Waals surface area contributed by atoms with Crippen LogP contribution in [-0.2, 0) is 6.42 Å². The van der Waals surface area contributed by atoms with Gasteiger partial charge in [-0.15, -0.1) is 0 Å². The van der Waals surface area contributed by atoms with Crippen LogP contribution in [0.5, 0.6) is 0 Å². The Hall–Kier alpha value is -6.71. The Morgan fingerprint density at radius 3 is 1.75 bits per heavy atom. The smallest absolute Gasteiger partial charge is 0.164 e. The van der Waals surface area contributed by atoms with E-state index in [9.17, 15) is 0 Å². The molecule has 0 N–H and O–H groups in total. The van der Waals surface area contributed by atoms with Gasteiger partial charge in [-0.1, -0.05) is 163 Å². The van der Waals surface area contributed by atoms with E-state index in [1.54, 1.807) is 5.57 Å². The molecular weight excluding hydrogens is 667 g/mol. The van der Waals surface area contributed by atoms with Gasteiger partial charge in [0.1, 0.15) is 0 Å². The number of nitrogens with zero attached hydrogens (tertiary/aromatic N) is 3. The van der Waals surface area contributed by atoms with Gasteiger partial charge in [0.2, 0.25) is 0 Å². The maximum atomic E-state index is 5.26. The van der Waals surface area contributed by atoms with E-state index in [1.165, 1.54) is 66.9 Å². The summed E-state index contributed by atoms with van der Waals surface area (Å²) >= 11 is 0. The van der Waals surface area contributed by atoms with Crippen molar-refractivity contribution in [1.29, 1.82) is 0 Å². The molecule has 1 aromatic heterocycles. The number of aromatic nitrogens is 3. The van der Waals surface area contributed by atoms with Crippen molar-refractivity contribution in [3.8, 4) is 22.8 Å². The lowest BCUT2D eigenvalue weighted by molar-refractivity contribution is 0.890. The highest BCUT2D eigenvalue weighted by Gasteiger charge is 2.46. The molecule has 7 aromatic carbocycles. The summed E-state index contributed by atoms with van der Waals surface area (Å²) in [5, 5.41) is 7.29. The van der Waals surface area contributed by atoms with Crippen molar-refractivity contribution in [3.63, 3.8) is 0 Å². The van der Waals surface area contributed by atoms with E-state index in [4.69, 9.17) is 15.0 Å². The lowest BCUT2D eigenvalue weighted by Gasteiger charge is -2.19. The molecule has 55 heavy (non-hydrogen) atoms. The molecule has 0 radical (unpaired) electrons. The molecule has 0 aliphatic heterocycles. The van der Waals surface area contributed by atoms with E-state index in [-0.39, 0.29) is 0 Å². The van der Waals surface area contributed by atoms with Crippen molar-refractivity contribution >= 4 is 54.6 Å². The summed E-state index contributed by atoms with van der Waals surface area (Å²) in [6.07, 6.45) is 10.2. The Kier molecular flexibility index (Phi) is 6.65. The van der Waals surface area contributed by atoms with Crippen LogP contribution >= 0.6 is 0 Å². The van der Waals surface area contributed by atoms with Gasteiger partial charge >= 0.3 is 0 Å². The minimum absolute atomic E-state index is 0.677. The Morgan fingerprint density at radius 2 is 1.04 bits per heavy atom. The van der Waals surface area contributed by atoms with Crippen molar-refractivity contribution in [2.75, 3.05) is 0 Å². The van der Waals surface area contributed by atoms with Gasteiger partial charge < -0.3 is 0 Å². The van der Waals surface area contributed by atoms with Gasteiger partial charge in [0.25, 0.3) is 0 Å². The normalized spacial score (nSPS) is 18.2. The van der Waals surface area contributed by atoms with Gasteiger partial charge in [-0.3, -0.25) is 0 Å². The zero-order valence-corrected chi connectivity index (χ0v) is 30.2. The van der Waals surface area contributed by atoms with Crippen molar-refractivity contribution in [2.45, 2.75) is 19.3 Å². The lowest BCUT2D eigenvalue weighted by Crippen LogP contribution is -2.03. The SMILES string of the molecule is C1=C(c2ccccc2)C2=C(Cc3c2cc(C2=CC=C(c4nc(-c5cccc6ccccc56)nc(-c5cccc6ccccc56)n4)C2)c2ccccc32)C2CC12. The number of hydrogen-bond acceptors (Lipinski definition) is 3. The van der Waals surface area contributed by atoms with Gasteiger partial charge in [-0.05, 0) is 102 Å². The van der Waals surface area contributed by atoms with Crippen LogP contribution in [0.25, 0.3) is 77.4 Å². The van der Waals surface area contributed by atoms with E-state index in [0.29, 0.717) is 23.5 Å². The Bertz CT molecular complexity index is 2960. The van der Waals surface area contributed by atoms with E-state index in [0.717, 1.165) is 46.1 Å². The molecule has 12 rings (SSSR count). The first-order valence-corrected chi connectivity index (χ1v) is 19.4. The average Bonchev–Trinajstić information content (AvgIpc) is 3.68. The molecule has 0 saturated heterocycles. The second-order valence-corrected chi connectivity index (χ2v) is 15.4. The van der Waals surface area contributed by atoms with Gasteiger partial charge in [-0.25, -0.2) is 15.0 Å². The Balaban J connectivity index is 0.983. The fourth-order valence-electron chi connectivity index (χ4n) is 9.62. The van der Waals surface area contributed by atoms with Crippen LogP contribution in [0.3, 0.4) is 0 Å². The summed E-state index contributed by atoms with van der Waals surface area (Å²) in [5.41, 5.74) is 14.5. The predicted octanol–water partition coefficient (Wildman–Crippen LogP) is 12.6. The minimum atomic E-state index is 0.677. The second-order valence-electron chi connectivity index (χ2n) is 15.4. The predicted molar refractivity (Wildman–Crippen MR) is 227 cm³/mol. The minimum Gasteiger partial charge on any atom is -0.208 e. The molecule has 4 aliphatic rings. The molecule has 1 saturated carbocycles. The topological polar surface area (TPSA) is 38.7 Å². The van der Waals surface area contributed by atoms with Gasteiger partial charge in [0, 0.05) is 23.1 Å². The summed E-state index contributed by atoms with van der Waals surface area (Å²) in [7, 11) is 0. The third-order valence-electron chi connectivity index (χ3n) is 12.3. The molecular formula is C52H35N3. The van der Waals surface area contributed by atoms with E-state index < -0.39 is 0 Å². The molecule has 0 spiro atoms. The first-order valence-electron chi connectivity index (χ1n) is 19.4. The molecule has 1 fully saturated rings. The lowest BCUT2D eigenvalue weighted by atomic mass is 9.84. The fraction of sp³-hybridized carbons (Fsp3) is 0.0962. The fourth-order valence-corrected chi connectivity index (χ4v) is 9.62. The molecule has 0 amide bonds. The first kappa shape index (κ1) is 30.7. The maximum Gasteiger partial charge on any atom is 0.164 e. The number of allylic oxidation sites excluding steroid dienone is 8. The Labute approximate surface area is 319 Å².